The molecule has 0 amide bonds. The highest BCUT2D eigenvalue weighted by Gasteiger charge is 2.54. The first-order valence-electron chi connectivity index (χ1n) is 14.7. The molecule has 5 rings (SSSR count). The second-order valence-corrected chi connectivity index (χ2v) is 17.3. The summed E-state index contributed by atoms with van der Waals surface area (Å²) < 4.78 is 52.4. The fraction of sp³-hybridized carbons (Fsp3) is 0.375. The van der Waals surface area contributed by atoms with Gasteiger partial charge >= 0.3 is 0 Å². The molecule has 232 valence electrons. The first-order chi connectivity index (χ1) is 21.1. The fourth-order valence-corrected chi connectivity index (χ4v) is 8.76. The molecule has 8 nitrogen and oxygen atoms in total. The van der Waals surface area contributed by atoms with Crippen LogP contribution in [-0.4, -0.2) is 59.8 Å². The molecule has 2 aromatic heterocycles. The van der Waals surface area contributed by atoms with E-state index in [9.17, 15) is 16.8 Å². The van der Waals surface area contributed by atoms with Gasteiger partial charge in [0, 0.05) is 23.7 Å². The molecule has 1 aliphatic carbocycles. The Kier molecular flexibility index (Phi) is 10.1. The molecule has 0 unspecified atom stereocenters. The maximum Gasteiger partial charge on any atom is 0.248 e. The molecule has 0 N–H and O–H groups in total. The van der Waals surface area contributed by atoms with Crippen LogP contribution in [0.5, 0.6) is 0 Å². The highest BCUT2D eigenvalue weighted by molar-refractivity contribution is 7.99. The molecule has 1 saturated carbocycles. The van der Waals surface area contributed by atoms with Crippen LogP contribution in [0, 0.1) is 0 Å². The Bertz CT molecular complexity index is 1680. The number of nitrogens with zero attached hydrogens (tertiary/aromatic N) is 4. The third kappa shape index (κ3) is 6.59. The standard InChI is InChI=1S/C32H36N4O4S4/c1-5-41-25-19-23(34-32(35-25)44(39,40)8-4)29-27(21-15-11-9-12-16-21)30(28(29)22-17-13-10-14-18-22)24-20-26(43(37,38)7-3)36-31(33-24)42-6-2/h9-20,27-30H,5-8H2,1-4H3/t27-,28-,29-,30+/m0/s1. The Morgan fingerprint density at radius 1 is 0.591 bits per heavy atom. The lowest BCUT2D eigenvalue weighted by atomic mass is 9.50. The predicted octanol–water partition coefficient (Wildman–Crippen LogP) is 6.53. The summed E-state index contributed by atoms with van der Waals surface area (Å²) in [4.78, 5) is 18.5. The molecule has 44 heavy (non-hydrogen) atoms. The van der Waals surface area contributed by atoms with Crippen molar-refractivity contribution in [3.8, 4) is 0 Å². The number of hydrogen-bond donors (Lipinski definition) is 0. The highest BCUT2D eigenvalue weighted by Crippen LogP contribution is 2.66. The summed E-state index contributed by atoms with van der Waals surface area (Å²) in [5.41, 5.74) is 3.39. The molecule has 2 atom stereocenters. The zero-order valence-corrected chi connectivity index (χ0v) is 28.4. The number of benzene rings is 2. The summed E-state index contributed by atoms with van der Waals surface area (Å²) in [6, 6.07) is 23.6. The minimum Gasteiger partial charge on any atom is -0.227 e. The van der Waals surface area contributed by atoms with Gasteiger partial charge < -0.3 is 0 Å². The number of hydrogen-bond acceptors (Lipinski definition) is 10. The molecule has 1 aliphatic rings. The minimum atomic E-state index is -3.67. The van der Waals surface area contributed by atoms with Gasteiger partial charge in [-0.1, -0.05) is 100 Å². The lowest BCUT2D eigenvalue weighted by Crippen LogP contribution is -2.41. The summed E-state index contributed by atoms with van der Waals surface area (Å²) in [5, 5.41) is 0.921. The zero-order valence-electron chi connectivity index (χ0n) is 25.1. The SMILES string of the molecule is CCSc1cc([C@H]2[C@H](c3ccccc3)[C@@H](c3cc(S(=O)(=O)CC)nc(SCC)n3)[C@H]2c2ccccc2)nc(S(=O)(=O)CC)n1. The van der Waals surface area contributed by atoms with Crippen LogP contribution in [-0.2, 0) is 19.7 Å². The third-order valence-corrected chi connectivity index (χ3v) is 12.6. The predicted molar refractivity (Wildman–Crippen MR) is 176 cm³/mol. The van der Waals surface area contributed by atoms with E-state index in [2.05, 4.69) is 34.2 Å². The first-order valence-corrected chi connectivity index (χ1v) is 20.0. The Morgan fingerprint density at radius 3 is 1.61 bits per heavy atom. The summed E-state index contributed by atoms with van der Waals surface area (Å²) >= 11 is 2.89. The van der Waals surface area contributed by atoms with E-state index < -0.39 is 19.7 Å². The van der Waals surface area contributed by atoms with Crippen molar-refractivity contribution in [1.82, 2.24) is 19.9 Å². The van der Waals surface area contributed by atoms with Gasteiger partial charge in [0.05, 0.1) is 22.9 Å². The average molecular weight is 669 g/mol. The van der Waals surface area contributed by atoms with E-state index in [1.807, 2.05) is 56.3 Å². The molecule has 0 bridgehead atoms. The van der Waals surface area contributed by atoms with Crippen LogP contribution in [0.25, 0.3) is 0 Å². The molecule has 0 aliphatic heterocycles. The van der Waals surface area contributed by atoms with Crippen LogP contribution >= 0.6 is 23.5 Å². The smallest absolute Gasteiger partial charge is 0.227 e. The van der Waals surface area contributed by atoms with E-state index in [0.717, 1.165) is 16.9 Å². The van der Waals surface area contributed by atoms with Crippen LogP contribution in [0.4, 0.5) is 0 Å². The Hall–Kier alpha value is -2.80. The van der Waals surface area contributed by atoms with Crippen molar-refractivity contribution >= 4 is 43.2 Å². The summed E-state index contributed by atoms with van der Waals surface area (Å²) in [7, 11) is -7.27. The zero-order chi connectivity index (χ0) is 31.5. The van der Waals surface area contributed by atoms with Crippen LogP contribution in [0.2, 0.25) is 0 Å². The van der Waals surface area contributed by atoms with Crippen LogP contribution < -0.4 is 0 Å². The van der Waals surface area contributed by atoms with E-state index in [0.29, 0.717) is 27.3 Å². The van der Waals surface area contributed by atoms with Crippen molar-refractivity contribution in [1.29, 1.82) is 0 Å². The van der Waals surface area contributed by atoms with Gasteiger partial charge in [-0.25, -0.2) is 36.8 Å². The molecule has 2 heterocycles. The van der Waals surface area contributed by atoms with Crippen LogP contribution in [0.1, 0.15) is 73.9 Å². The van der Waals surface area contributed by atoms with Gasteiger partial charge in [-0.3, -0.25) is 0 Å². The lowest BCUT2D eigenvalue weighted by molar-refractivity contribution is 0.217. The molecule has 1 fully saturated rings. The lowest BCUT2D eigenvalue weighted by Gasteiger charge is -2.52. The molecule has 0 saturated heterocycles. The van der Waals surface area contributed by atoms with Crippen molar-refractivity contribution < 1.29 is 16.8 Å². The van der Waals surface area contributed by atoms with Crippen molar-refractivity contribution in [2.24, 2.45) is 0 Å². The topological polar surface area (TPSA) is 120 Å². The van der Waals surface area contributed by atoms with Gasteiger partial charge in [0.25, 0.3) is 0 Å². The van der Waals surface area contributed by atoms with E-state index in [1.54, 1.807) is 19.9 Å². The summed E-state index contributed by atoms with van der Waals surface area (Å²) in [6.45, 7) is 7.20. The third-order valence-electron chi connectivity index (χ3n) is 7.93. The Balaban J connectivity index is 1.78. The fourth-order valence-electron chi connectivity index (χ4n) is 5.84. The van der Waals surface area contributed by atoms with Crippen molar-refractivity contribution in [3.05, 3.63) is 95.3 Å². The van der Waals surface area contributed by atoms with Crippen molar-refractivity contribution in [2.45, 2.75) is 71.7 Å². The number of thioether (sulfide) groups is 2. The molecular weight excluding hydrogens is 633 g/mol. The molecule has 2 aromatic carbocycles. The van der Waals surface area contributed by atoms with Gasteiger partial charge in [0.2, 0.25) is 15.0 Å². The largest absolute Gasteiger partial charge is 0.248 e. The number of rotatable bonds is 12. The first kappa shape index (κ1) is 32.6. The second-order valence-electron chi connectivity index (χ2n) is 10.4. The average Bonchev–Trinajstić information content (AvgIpc) is 3.02. The van der Waals surface area contributed by atoms with E-state index in [4.69, 9.17) is 9.97 Å². The van der Waals surface area contributed by atoms with Gasteiger partial charge in [-0.15, -0.1) is 11.8 Å². The summed E-state index contributed by atoms with van der Waals surface area (Å²) in [5.74, 6) is 0.478. The second kappa shape index (κ2) is 13.7. The molecule has 0 spiro atoms. The Labute approximate surface area is 268 Å². The van der Waals surface area contributed by atoms with Crippen molar-refractivity contribution in [2.75, 3.05) is 23.0 Å². The van der Waals surface area contributed by atoms with Gasteiger partial charge in [0.15, 0.2) is 20.0 Å². The van der Waals surface area contributed by atoms with Gasteiger partial charge in [-0.2, -0.15) is 0 Å². The number of sulfone groups is 2. The van der Waals surface area contributed by atoms with Crippen LogP contribution in [0.3, 0.4) is 0 Å². The number of aromatic nitrogens is 4. The maximum atomic E-state index is 13.1. The van der Waals surface area contributed by atoms with Crippen LogP contribution in [0.15, 0.2) is 93.2 Å². The van der Waals surface area contributed by atoms with E-state index >= 15 is 0 Å². The van der Waals surface area contributed by atoms with Crippen molar-refractivity contribution in [3.63, 3.8) is 0 Å². The molecule has 0 radical (unpaired) electrons. The van der Waals surface area contributed by atoms with Gasteiger partial charge in [-0.05, 0) is 34.8 Å². The molecule has 12 heteroatoms. The summed E-state index contributed by atoms with van der Waals surface area (Å²) in [6.07, 6.45) is 0. The van der Waals surface area contributed by atoms with Gasteiger partial charge in [0.1, 0.15) is 5.03 Å². The minimum absolute atomic E-state index is 0.0306. The molecular formula is C32H36N4O4S4. The highest BCUT2D eigenvalue weighted by atomic mass is 32.2. The maximum absolute atomic E-state index is 13.1. The molecule has 4 aromatic rings. The van der Waals surface area contributed by atoms with E-state index in [-0.39, 0.29) is 45.4 Å². The Morgan fingerprint density at radius 2 is 1.11 bits per heavy atom. The normalized spacial score (nSPS) is 20.3. The van der Waals surface area contributed by atoms with E-state index in [1.165, 1.54) is 23.5 Å². The quantitative estimate of drug-likeness (QED) is 0.0937. The monoisotopic (exact) mass is 668 g/mol.